The minimum atomic E-state index is -3.24. The second kappa shape index (κ2) is 5.69. The van der Waals surface area contributed by atoms with Crippen LogP contribution in [0.25, 0.3) is 0 Å². The number of carbonyl (C=O) groups is 1. The van der Waals surface area contributed by atoms with Crippen LogP contribution in [0.2, 0.25) is 0 Å². The number of carbonyl (C=O) groups excluding carboxylic acids is 1. The van der Waals surface area contributed by atoms with Crippen LogP contribution in [0, 0.1) is 0 Å². The predicted octanol–water partition coefficient (Wildman–Crippen LogP) is 1.63. The fourth-order valence-corrected chi connectivity index (χ4v) is 4.18. The molecule has 4 nitrogen and oxygen atoms in total. The number of rotatable bonds is 4. The van der Waals surface area contributed by atoms with Gasteiger partial charge in [-0.1, -0.05) is 29.3 Å². The number of hydrogen-bond acceptors (Lipinski definition) is 3. The van der Waals surface area contributed by atoms with Crippen molar-refractivity contribution in [1.29, 1.82) is 0 Å². The van der Waals surface area contributed by atoms with Crippen LogP contribution in [0.3, 0.4) is 0 Å². The van der Waals surface area contributed by atoms with E-state index in [1.165, 1.54) is 0 Å². The molecule has 1 fully saturated rings. The van der Waals surface area contributed by atoms with Gasteiger partial charge in [0.2, 0.25) is 5.91 Å². The van der Waals surface area contributed by atoms with Gasteiger partial charge in [0.05, 0.1) is 5.75 Å². The molecular formula is C11H20BrNO3S. The normalized spacial score (nSPS) is 27.1. The average Bonchev–Trinajstić information content (AvgIpc) is 2.28. The molecule has 1 saturated heterocycles. The second-order valence-electron chi connectivity index (χ2n) is 4.89. The van der Waals surface area contributed by atoms with E-state index in [0.29, 0.717) is 18.2 Å². The molecule has 2 atom stereocenters. The molecule has 0 saturated carbocycles. The fraction of sp³-hybridized carbons (Fsp3) is 0.909. The zero-order valence-corrected chi connectivity index (χ0v) is 12.7. The maximum Gasteiger partial charge on any atom is 0.238 e. The van der Waals surface area contributed by atoms with Crippen molar-refractivity contribution in [1.82, 2.24) is 5.32 Å². The van der Waals surface area contributed by atoms with E-state index in [4.69, 9.17) is 0 Å². The van der Waals surface area contributed by atoms with Crippen LogP contribution in [0.1, 0.15) is 39.5 Å². The molecule has 0 spiro atoms. The summed E-state index contributed by atoms with van der Waals surface area (Å²) < 4.78 is 23.6. The Labute approximate surface area is 112 Å². The van der Waals surface area contributed by atoms with Crippen molar-refractivity contribution in [3.05, 3.63) is 0 Å². The maximum absolute atomic E-state index is 12.0. The zero-order valence-electron chi connectivity index (χ0n) is 10.3. The molecule has 100 valence electrons. The fourth-order valence-electron chi connectivity index (χ4n) is 1.84. The van der Waals surface area contributed by atoms with Crippen molar-refractivity contribution in [2.24, 2.45) is 0 Å². The number of alkyl halides is 1. The Morgan fingerprint density at radius 3 is 2.59 bits per heavy atom. The van der Waals surface area contributed by atoms with Crippen molar-refractivity contribution in [3.8, 4) is 0 Å². The molecule has 0 aromatic carbocycles. The molecule has 2 unspecified atom stereocenters. The molecule has 1 amide bonds. The van der Waals surface area contributed by atoms with Gasteiger partial charge >= 0.3 is 0 Å². The topological polar surface area (TPSA) is 63.2 Å². The maximum atomic E-state index is 12.0. The third kappa shape index (κ3) is 3.68. The minimum absolute atomic E-state index is 0.141. The summed E-state index contributed by atoms with van der Waals surface area (Å²) >= 11 is 3.35. The Morgan fingerprint density at radius 1 is 1.47 bits per heavy atom. The molecule has 1 rings (SSSR count). The summed E-state index contributed by atoms with van der Waals surface area (Å²) in [5, 5.41) is 2.63. The van der Waals surface area contributed by atoms with E-state index in [1.54, 1.807) is 0 Å². The first-order valence-electron chi connectivity index (χ1n) is 5.94. The number of halogens is 1. The Balaban J connectivity index is 2.76. The zero-order chi connectivity index (χ0) is 13.1. The molecule has 0 aromatic heterocycles. The lowest BCUT2D eigenvalue weighted by atomic mass is 10.0. The van der Waals surface area contributed by atoms with Gasteiger partial charge in [-0.25, -0.2) is 8.42 Å². The highest BCUT2D eigenvalue weighted by Crippen LogP contribution is 2.21. The summed E-state index contributed by atoms with van der Waals surface area (Å²) in [6, 6.07) is 0. The first-order chi connectivity index (χ1) is 7.84. The number of sulfone groups is 1. The Bertz CT molecular complexity index is 376. The molecule has 0 radical (unpaired) electrons. The summed E-state index contributed by atoms with van der Waals surface area (Å²) in [5.74, 6) is -0.198. The van der Waals surface area contributed by atoms with Gasteiger partial charge in [-0.15, -0.1) is 0 Å². The van der Waals surface area contributed by atoms with E-state index < -0.39 is 15.1 Å². The number of hydrogen-bond donors (Lipinski definition) is 1. The molecule has 1 N–H and O–H groups in total. The Kier molecular flexibility index (Phi) is 5.01. The smallest absolute Gasteiger partial charge is 0.238 e. The Hall–Kier alpha value is -0.100. The molecule has 0 aromatic rings. The highest BCUT2D eigenvalue weighted by atomic mass is 79.9. The third-order valence-electron chi connectivity index (χ3n) is 3.37. The van der Waals surface area contributed by atoms with Crippen LogP contribution in [-0.2, 0) is 14.6 Å². The largest absolute Gasteiger partial charge is 0.349 e. The molecule has 0 bridgehead atoms. The van der Waals surface area contributed by atoms with Crippen LogP contribution in [-0.4, -0.2) is 36.2 Å². The standard InChI is InChI=1S/C11H20BrNO3S/c1-3-11(2,8-12)13-10(14)9-6-4-5-7-17(9,15)16/h9H,3-8H2,1-2H3,(H,13,14). The molecule has 1 aliphatic heterocycles. The third-order valence-corrected chi connectivity index (χ3v) is 6.78. The van der Waals surface area contributed by atoms with Crippen LogP contribution in [0.4, 0.5) is 0 Å². The molecule has 6 heteroatoms. The first kappa shape index (κ1) is 15.0. The van der Waals surface area contributed by atoms with Crippen LogP contribution in [0.15, 0.2) is 0 Å². The van der Waals surface area contributed by atoms with Gasteiger partial charge in [-0.2, -0.15) is 0 Å². The van der Waals surface area contributed by atoms with Crippen molar-refractivity contribution in [2.75, 3.05) is 11.1 Å². The summed E-state index contributed by atoms with van der Waals surface area (Å²) in [4.78, 5) is 12.0. The lowest BCUT2D eigenvalue weighted by Crippen LogP contribution is -2.53. The molecule has 0 aliphatic carbocycles. The summed E-state index contributed by atoms with van der Waals surface area (Å²) in [5.41, 5.74) is -0.371. The quantitative estimate of drug-likeness (QED) is 0.799. The van der Waals surface area contributed by atoms with Gasteiger partial charge in [0.15, 0.2) is 9.84 Å². The van der Waals surface area contributed by atoms with Crippen LogP contribution in [0.5, 0.6) is 0 Å². The lowest BCUT2D eigenvalue weighted by molar-refractivity contribution is -0.122. The van der Waals surface area contributed by atoms with Crippen LogP contribution >= 0.6 is 15.9 Å². The molecule has 1 aliphatic rings. The van der Waals surface area contributed by atoms with Crippen molar-refractivity contribution < 1.29 is 13.2 Å². The van der Waals surface area contributed by atoms with E-state index in [0.717, 1.165) is 12.8 Å². The summed E-state index contributed by atoms with van der Waals surface area (Å²) in [6.07, 6.45) is 2.71. The second-order valence-corrected chi connectivity index (χ2v) is 7.75. The number of amides is 1. The Morgan fingerprint density at radius 2 is 2.12 bits per heavy atom. The van der Waals surface area contributed by atoms with E-state index >= 15 is 0 Å². The minimum Gasteiger partial charge on any atom is -0.349 e. The molecular weight excluding hydrogens is 306 g/mol. The summed E-state index contributed by atoms with van der Waals surface area (Å²) in [6.45, 7) is 3.88. The number of nitrogens with one attached hydrogen (secondary N) is 1. The van der Waals surface area contributed by atoms with Gasteiger partial charge < -0.3 is 5.32 Å². The van der Waals surface area contributed by atoms with Gasteiger partial charge in [0, 0.05) is 10.9 Å². The van der Waals surface area contributed by atoms with Crippen molar-refractivity contribution >= 4 is 31.7 Å². The SMILES string of the molecule is CCC(C)(CBr)NC(=O)C1CCCCS1(=O)=O. The first-order valence-corrected chi connectivity index (χ1v) is 8.78. The summed E-state index contributed by atoms with van der Waals surface area (Å²) in [7, 11) is -3.24. The van der Waals surface area contributed by atoms with Crippen LogP contribution < -0.4 is 5.32 Å². The highest BCUT2D eigenvalue weighted by Gasteiger charge is 2.37. The predicted molar refractivity (Wildman–Crippen MR) is 72.1 cm³/mol. The average molecular weight is 326 g/mol. The monoisotopic (exact) mass is 325 g/mol. The van der Waals surface area contributed by atoms with Gasteiger partial charge in [0.1, 0.15) is 5.25 Å². The van der Waals surface area contributed by atoms with Gasteiger partial charge in [0.25, 0.3) is 0 Å². The van der Waals surface area contributed by atoms with E-state index in [9.17, 15) is 13.2 Å². The van der Waals surface area contributed by atoms with Crippen molar-refractivity contribution in [2.45, 2.75) is 50.3 Å². The van der Waals surface area contributed by atoms with Crippen molar-refractivity contribution in [3.63, 3.8) is 0 Å². The van der Waals surface area contributed by atoms with E-state index in [2.05, 4.69) is 21.2 Å². The highest BCUT2D eigenvalue weighted by molar-refractivity contribution is 9.09. The van der Waals surface area contributed by atoms with E-state index in [1.807, 2.05) is 13.8 Å². The lowest BCUT2D eigenvalue weighted by Gasteiger charge is -2.30. The van der Waals surface area contributed by atoms with Gasteiger partial charge in [-0.05, 0) is 26.2 Å². The van der Waals surface area contributed by atoms with Gasteiger partial charge in [-0.3, -0.25) is 4.79 Å². The van der Waals surface area contributed by atoms with E-state index in [-0.39, 0.29) is 17.2 Å². The molecule has 17 heavy (non-hydrogen) atoms. The molecule has 1 heterocycles.